The Bertz CT molecular complexity index is 2700. The van der Waals surface area contributed by atoms with Gasteiger partial charge in [0.15, 0.2) is 5.82 Å². The summed E-state index contributed by atoms with van der Waals surface area (Å²) in [6, 6.07) is 49.5. The van der Waals surface area contributed by atoms with Crippen LogP contribution in [0.15, 0.2) is 144 Å². The second-order valence-electron chi connectivity index (χ2n) is 13.0. The fourth-order valence-electron chi connectivity index (χ4n) is 7.78. The van der Waals surface area contributed by atoms with E-state index in [0.717, 1.165) is 61.5 Å². The number of fused-ring (bicyclic) bond motifs is 9. The summed E-state index contributed by atoms with van der Waals surface area (Å²) in [7, 11) is -2.05. The third kappa shape index (κ3) is 3.75. The highest BCUT2D eigenvalue weighted by molar-refractivity contribution is 7.04. The Labute approximate surface area is 272 Å². The van der Waals surface area contributed by atoms with Gasteiger partial charge in [0.05, 0.1) is 22.4 Å². The first kappa shape index (κ1) is 26.4. The van der Waals surface area contributed by atoms with E-state index in [9.17, 15) is 0 Å². The summed E-state index contributed by atoms with van der Waals surface area (Å²) in [6.45, 7) is 4.86. The Kier molecular flexibility index (Phi) is 5.41. The smallest absolute Gasteiger partial charge is 0.160 e. The summed E-state index contributed by atoms with van der Waals surface area (Å²) in [4.78, 5) is 10.5. The number of aromatic nitrogens is 3. The van der Waals surface area contributed by atoms with E-state index in [0.29, 0.717) is 0 Å². The van der Waals surface area contributed by atoms with Crippen LogP contribution in [0.2, 0.25) is 13.1 Å². The van der Waals surface area contributed by atoms with E-state index in [4.69, 9.17) is 14.4 Å². The predicted molar refractivity (Wildman–Crippen MR) is 197 cm³/mol. The molecule has 0 amide bonds. The molecule has 0 spiro atoms. The van der Waals surface area contributed by atoms with Crippen molar-refractivity contribution >= 4 is 62.2 Å². The molecule has 1 aliphatic rings. The fourth-order valence-corrected chi connectivity index (χ4v) is 11.0. The largest absolute Gasteiger partial charge is 0.456 e. The van der Waals surface area contributed by atoms with Gasteiger partial charge in [0, 0.05) is 38.4 Å². The first-order chi connectivity index (χ1) is 23.1. The molecule has 9 aromatic rings. The molecule has 4 heterocycles. The van der Waals surface area contributed by atoms with E-state index in [1.165, 1.54) is 32.2 Å². The number of para-hydroxylation sites is 2. The van der Waals surface area contributed by atoms with Crippen LogP contribution < -0.4 is 10.4 Å². The van der Waals surface area contributed by atoms with Gasteiger partial charge in [-0.1, -0.05) is 116 Å². The maximum Gasteiger partial charge on any atom is 0.160 e. The maximum absolute atomic E-state index is 6.29. The molecule has 1 aliphatic heterocycles. The van der Waals surface area contributed by atoms with E-state index in [2.05, 4.69) is 139 Å². The van der Waals surface area contributed by atoms with Crippen LogP contribution in [0.4, 0.5) is 0 Å². The molecule has 0 fully saturated rings. The zero-order chi connectivity index (χ0) is 31.3. The van der Waals surface area contributed by atoms with Crippen LogP contribution in [0, 0.1) is 0 Å². The maximum atomic E-state index is 6.29. The molecule has 47 heavy (non-hydrogen) atoms. The molecule has 5 heteroatoms. The Morgan fingerprint density at radius 3 is 2.09 bits per heavy atom. The minimum absolute atomic E-state index is 0.767. The van der Waals surface area contributed by atoms with Crippen LogP contribution in [0.1, 0.15) is 0 Å². The van der Waals surface area contributed by atoms with Crippen molar-refractivity contribution in [2.24, 2.45) is 0 Å². The molecule has 0 aliphatic carbocycles. The van der Waals surface area contributed by atoms with Crippen LogP contribution in [0.25, 0.3) is 83.3 Å². The molecule has 0 N–H and O–H groups in total. The van der Waals surface area contributed by atoms with Gasteiger partial charge < -0.3 is 8.98 Å². The van der Waals surface area contributed by atoms with E-state index in [-0.39, 0.29) is 0 Å². The summed E-state index contributed by atoms with van der Waals surface area (Å²) < 4.78 is 8.67. The molecule has 0 unspecified atom stereocenters. The minimum Gasteiger partial charge on any atom is -0.456 e. The van der Waals surface area contributed by atoms with Crippen molar-refractivity contribution in [1.29, 1.82) is 0 Å². The number of hydrogen-bond donors (Lipinski definition) is 0. The topological polar surface area (TPSA) is 43.9 Å². The first-order valence-corrected chi connectivity index (χ1v) is 19.1. The third-order valence-corrected chi connectivity index (χ3v) is 13.5. The van der Waals surface area contributed by atoms with Gasteiger partial charge in [-0.2, -0.15) is 0 Å². The van der Waals surface area contributed by atoms with Crippen LogP contribution in [-0.2, 0) is 0 Å². The summed E-state index contributed by atoms with van der Waals surface area (Å²) in [6.07, 6.45) is 0. The van der Waals surface area contributed by atoms with Crippen LogP contribution in [-0.4, -0.2) is 22.6 Å². The second kappa shape index (κ2) is 9.61. The number of furan rings is 1. The summed E-state index contributed by atoms with van der Waals surface area (Å²) in [5.74, 6) is 0.767. The standard InChI is InChI=1S/C42H29N3OSi/c1-47(2)38-19-11-8-16-31(38)40-41(47)39(43-42(44-40)27-12-4-3-5-13-27)26-20-22-28(23-21-26)45-34-17-9-6-14-29(34)32-25-37-33(24-35(32)45)30-15-7-10-18-36(30)46-37/h3-25H,1-2H3. The van der Waals surface area contributed by atoms with Crippen molar-refractivity contribution in [3.05, 3.63) is 140 Å². The van der Waals surface area contributed by atoms with E-state index >= 15 is 0 Å². The fraction of sp³-hybridized carbons (Fsp3) is 0.0476. The quantitative estimate of drug-likeness (QED) is 0.185. The third-order valence-electron chi connectivity index (χ3n) is 9.99. The van der Waals surface area contributed by atoms with Gasteiger partial charge in [-0.15, -0.1) is 0 Å². The molecule has 6 aromatic carbocycles. The zero-order valence-electron chi connectivity index (χ0n) is 26.0. The highest BCUT2D eigenvalue weighted by Gasteiger charge is 2.41. The molecule has 222 valence electrons. The lowest BCUT2D eigenvalue weighted by Crippen LogP contribution is -2.50. The molecule has 0 atom stereocenters. The van der Waals surface area contributed by atoms with Crippen LogP contribution >= 0.6 is 0 Å². The van der Waals surface area contributed by atoms with Gasteiger partial charge >= 0.3 is 0 Å². The van der Waals surface area contributed by atoms with Gasteiger partial charge in [-0.25, -0.2) is 9.97 Å². The Hall–Kier alpha value is -5.78. The average Bonchev–Trinajstić information content (AvgIpc) is 3.72. The number of nitrogens with zero attached hydrogens (tertiary/aromatic N) is 3. The zero-order valence-corrected chi connectivity index (χ0v) is 27.0. The number of rotatable bonds is 3. The van der Waals surface area contributed by atoms with E-state index in [1.807, 2.05) is 18.2 Å². The van der Waals surface area contributed by atoms with Crippen molar-refractivity contribution in [2.75, 3.05) is 0 Å². The molecule has 3 aromatic heterocycles. The number of benzene rings is 6. The second-order valence-corrected chi connectivity index (χ2v) is 17.3. The Morgan fingerprint density at radius 2 is 1.23 bits per heavy atom. The van der Waals surface area contributed by atoms with Gasteiger partial charge in [0.25, 0.3) is 0 Å². The van der Waals surface area contributed by atoms with Crippen molar-refractivity contribution in [2.45, 2.75) is 13.1 Å². The molecule has 0 radical (unpaired) electrons. The van der Waals surface area contributed by atoms with Crippen molar-refractivity contribution in [1.82, 2.24) is 14.5 Å². The minimum atomic E-state index is -2.05. The highest BCUT2D eigenvalue weighted by atomic mass is 28.3. The lowest BCUT2D eigenvalue weighted by molar-refractivity contribution is 0.669. The summed E-state index contributed by atoms with van der Waals surface area (Å²) >= 11 is 0. The molecular weight excluding hydrogens is 591 g/mol. The molecule has 0 bridgehead atoms. The summed E-state index contributed by atoms with van der Waals surface area (Å²) in [5, 5.41) is 7.40. The van der Waals surface area contributed by atoms with Gasteiger partial charge in [-0.3, -0.25) is 0 Å². The first-order valence-electron chi connectivity index (χ1n) is 16.1. The Balaban J connectivity index is 1.19. The van der Waals surface area contributed by atoms with Crippen molar-refractivity contribution < 1.29 is 4.42 Å². The van der Waals surface area contributed by atoms with Crippen molar-refractivity contribution in [3.63, 3.8) is 0 Å². The van der Waals surface area contributed by atoms with Crippen LogP contribution in [0.3, 0.4) is 0 Å². The molecular formula is C42H29N3OSi. The highest BCUT2D eigenvalue weighted by Crippen LogP contribution is 2.39. The average molecular weight is 620 g/mol. The molecule has 0 saturated carbocycles. The molecule has 0 saturated heterocycles. The van der Waals surface area contributed by atoms with E-state index < -0.39 is 8.07 Å². The summed E-state index contributed by atoms with van der Waals surface area (Å²) in [5.41, 5.74) is 10.8. The normalized spacial score (nSPS) is 13.5. The van der Waals surface area contributed by atoms with E-state index in [1.54, 1.807) is 0 Å². The van der Waals surface area contributed by atoms with Crippen molar-refractivity contribution in [3.8, 4) is 39.6 Å². The molecule has 4 nitrogen and oxygen atoms in total. The monoisotopic (exact) mass is 619 g/mol. The number of hydrogen-bond acceptors (Lipinski definition) is 3. The lowest BCUT2D eigenvalue weighted by Gasteiger charge is -2.21. The van der Waals surface area contributed by atoms with Gasteiger partial charge in [0.1, 0.15) is 19.2 Å². The molecule has 10 rings (SSSR count). The van der Waals surface area contributed by atoms with Gasteiger partial charge in [0.2, 0.25) is 0 Å². The van der Waals surface area contributed by atoms with Gasteiger partial charge in [-0.05, 0) is 52.3 Å². The predicted octanol–water partition coefficient (Wildman–Crippen LogP) is 9.61. The SMILES string of the molecule is C[Si]1(C)c2ccccc2-c2nc(-c3ccccc3)nc(-c3ccc(-n4c5ccccc5c5cc6oc7ccccc7c6cc54)cc3)c21. The Morgan fingerprint density at radius 1 is 0.532 bits per heavy atom. The van der Waals surface area contributed by atoms with Crippen LogP contribution in [0.5, 0.6) is 0 Å². The lowest BCUT2D eigenvalue weighted by atomic mass is 10.1.